The van der Waals surface area contributed by atoms with Crippen molar-refractivity contribution in [2.45, 2.75) is 33.2 Å². The molecule has 0 aliphatic rings. The summed E-state index contributed by atoms with van der Waals surface area (Å²) in [7, 11) is 0. The maximum Gasteiger partial charge on any atom is 0.122 e. The second-order valence-corrected chi connectivity index (χ2v) is 5.94. The van der Waals surface area contributed by atoms with Crippen molar-refractivity contribution in [3.63, 3.8) is 0 Å². The molecule has 0 atom stereocenters. The number of ether oxygens (including phenoxy) is 1. The van der Waals surface area contributed by atoms with Crippen LogP contribution in [-0.2, 0) is 19.4 Å². The molecular formula is C20H23N3O. The Morgan fingerprint density at radius 2 is 1.88 bits per heavy atom. The Kier molecular flexibility index (Phi) is 5.26. The summed E-state index contributed by atoms with van der Waals surface area (Å²) in [4.78, 5) is 0. The summed E-state index contributed by atoms with van der Waals surface area (Å²) < 4.78 is 7.62. The van der Waals surface area contributed by atoms with E-state index >= 15 is 0 Å². The van der Waals surface area contributed by atoms with Crippen LogP contribution >= 0.6 is 0 Å². The molecule has 4 heteroatoms. The fourth-order valence-electron chi connectivity index (χ4n) is 2.76. The molecule has 0 amide bonds. The third-order valence-electron chi connectivity index (χ3n) is 3.94. The summed E-state index contributed by atoms with van der Waals surface area (Å²) in [6, 6.07) is 16.6. The van der Waals surface area contributed by atoms with Crippen LogP contribution < -0.4 is 4.74 Å². The predicted octanol–water partition coefficient (Wildman–Crippen LogP) is 3.82. The first kappa shape index (κ1) is 16.2. The van der Waals surface area contributed by atoms with Crippen LogP contribution in [0.5, 0.6) is 5.75 Å². The van der Waals surface area contributed by atoms with Crippen LogP contribution in [0.3, 0.4) is 0 Å². The van der Waals surface area contributed by atoms with Gasteiger partial charge in [-0.25, -0.2) is 4.68 Å². The van der Waals surface area contributed by atoms with Gasteiger partial charge in [-0.2, -0.15) is 0 Å². The molecule has 0 radical (unpaired) electrons. The molecule has 0 aliphatic heterocycles. The molecule has 124 valence electrons. The van der Waals surface area contributed by atoms with Crippen molar-refractivity contribution in [3.05, 3.63) is 77.1 Å². The lowest BCUT2D eigenvalue weighted by molar-refractivity contribution is 0.336. The molecule has 0 spiro atoms. The zero-order valence-electron chi connectivity index (χ0n) is 14.3. The van der Waals surface area contributed by atoms with Crippen LogP contribution in [0.1, 0.15) is 29.3 Å². The molecule has 0 N–H and O–H groups in total. The zero-order chi connectivity index (χ0) is 16.8. The number of rotatable bonds is 7. The van der Waals surface area contributed by atoms with Gasteiger partial charge in [-0.1, -0.05) is 53.2 Å². The molecule has 0 saturated carbocycles. The van der Waals surface area contributed by atoms with Crippen LogP contribution in [0.4, 0.5) is 0 Å². The average molecular weight is 321 g/mol. The molecule has 3 rings (SSSR count). The minimum atomic E-state index is 0.684. The van der Waals surface area contributed by atoms with Crippen molar-refractivity contribution in [3.8, 4) is 5.75 Å². The third-order valence-corrected chi connectivity index (χ3v) is 3.94. The fourth-order valence-corrected chi connectivity index (χ4v) is 2.76. The molecule has 0 saturated heterocycles. The summed E-state index contributed by atoms with van der Waals surface area (Å²) in [6.07, 6.45) is 3.79. The molecule has 4 nitrogen and oxygen atoms in total. The normalized spacial score (nSPS) is 10.8. The smallest absolute Gasteiger partial charge is 0.122 e. The van der Waals surface area contributed by atoms with E-state index in [1.807, 2.05) is 36.0 Å². The van der Waals surface area contributed by atoms with Gasteiger partial charge in [0.15, 0.2) is 0 Å². The zero-order valence-corrected chi connectivity index (χ0v) is 14.3. The van der Waals surface area contributed by atoms with Crippen LogP contribution in [0.15, 0.2) is 54.7 Å². The van der Waals surface area contributed by atoms with Crippen LogP contribution in [0.25, 0.3) is 0 Å². The first-order valence-electron chi connectivity index (χ1n) is 8.40. The van der Waals surface area contributed by atoms with Crippen molar-refractivity contribution < 1.29 is 4.74 Å². The van der Waals surface area contributed by atoms with Gasteiger partial charge < -0.3 is 4.74 Å². The molecule has 0 bridgehead atoms. The van der Waals surface area contributed by atoms with E-state index in [1.165, 1.54) is 16.7 Å². The number of hydrogen-bond acceptors (Lipinski definition) is 3. The Hall–Kier alpha value is -2.62. The minimum absolute atomic E-state index is 0.684. The molecule has 1 heterocycles. The van der Waals surface area contributed by atoms with Gasteiger partial charge in [-0.15, -0.1) is 5.10 Å². The Labute approximate surface area is 143 Å². The molecular weight excluding hydrogens is 298 g/mol. The highest BCUT2D eigenvalue weighted by atomic mass is 16.5. The van der Waals surface area contributed by atoms with E-state index in [0.29, 0.717) is 6.61 Å². The standard InChI is InChI=1S/C20H23N3O/c1-3-24-20-12-9-16(2)13-18(20)10-11-19-15-23(22-21-19)14-17-7-5-4-6-8-17/h4-9,12-13,15H,3,10-11,14H2,1-2H3. The van der Waals surface area contributed by atoms with Crippen molar-refractivity contribution >= 4 is 0 Å². The summed E-state index contributed by atoms with van der Waals surface area (Å²) in [6.45, 7) is 5.56. The van der Waals surface area contributed by atoms with Gasteiger partial charge in [0.1, 0.15) is 5.75 Å². The second-order valence-electron chi connectivity index (χ2n) is 5.94. The first-order valence-corrected chi connectivity index (χ1v) is 8.40. The number of aryl methyl sites for hydroxylation is 3. The highest BCUT2D eigenvalue weighted by molar-refractivity contribution is 5.37. The van der Waals surface area contributed by atoms with Gasteiger partial charge in [0.2, 0.25) is 0 Å². The van der Waals surface area contributed by atoms with Crippen LogP contribution in [0.2, 0.25) is 0 Å². The molecule has 1 aromatic heterocycles. The molecule has 0 aliphatic carbocycles. The van der Waals surface area contributed by atoms with E-state index in [-0.39, 0.29) is 0 Å². The Balaban J connectivity index is 1.64. The van der Waals surface area contributed by atoms with E-state index in [9.17, 15) is 0 Å². The number of benzene rings is 2. The fraction of sp³-hybridized carbons (Fsp3) is 0.300. The Morgan fingerprint density at radius 3 is 2.67 bits per heavy atom. The van der Waals surface area contributed by atoms with Gasteiger partial charge in [-0.05, 0) is 43.9 Å². The topological polar surface area (TPSA) is 39.9 Å². The molecule has 0 unspecified atom stereocenters. The third kappa shape index (κ3) is 4.22. The highest BCUT2D eigenvalue weighted by Gasteiger charge is 2.07. The lowest BCUT2D eigenvalue weighted by atomic mass is 10.0. The largest absolute Gasteiger partial charge is 0.494 e. The second kappa shape index (κ2) is 7.77. The van der Waals surface area contributed by atoms with E-state index < -0.39 is 0 Å². The quantitative estimate of drug-likeness (QED) is 0.664. The van der Waals surface area contributed by atoms with E-state index in [1.54, 1.807) is 0 Å². The molecule has 2 aromatic carbocycles. The Morgan fingerprint density at radius 1 is 1.04 bits per heavy atom. The molecule has 3 aromatic rings. The van der Waals surface area contributed by atoms with Crippen molar-refractivity contribution in [1.29, 1.82) is 0 Å². The van der Waals surface area contributed by atoms with Crippen molar-refractivity contribution in [2.75, 3.05) is 6.61 Å². The summed E-state index contributed by atoms with van der Waals surface area (Å²) >= 11 is 0. The van der Waals surface area contributed by atoms with Crippen LogP contribution in [0, 0.1) is 6.92 Å². The summed E-state index contributed by atoms with van der Waals surface area (Å²) in [5.74, 6) is 0.972. The van der Waals surface area contributed by atoms with Gasteiger partial charge >= 0.3 is 0 Å². The SMILES string of the molecule is CCOc1ccc(C)cc1CCc1cn(Cc2ccccc2)nn1. The average Bonchev–Trinajstić information content (AvgIpc) is 3.03. The Bertz CT molecular complexity index is 781. The maximum absolute atomic E-state index is 5.72. The van der Waals surface area contributed by atoms with E-state index in [0.717, 1.165) is 30.8 Å². The van der Waals surface area contributed by atoms with Gasteiger partial charge in [0.25, 0.3) is 0 Å². The van der Waals surface area contributed by atoms with E-state index in [2.05, 4.69) is 47.6 Å². The van der Waals surface area contributed by atoms with Gasteiger partial charge in [-0.3, -0.25) is 0 Å². The number of nitrogens with zero attached hydrogens (tertiary/aromatic N) is 3. The summed E-state index contributed by atoms with van der Waals surface area (Å²) in [5.41, 5.74) is 4.72. The number of hydrogen-bond donors (Lipinski definition) is 0. The molecule has 0 fully saturated rings. The lowest BCUT2D eigenvalue weighted by Gasteiger charge is -2.10. The summed E-state index contributed by atoms with van der Waals surface area (Å²) in [5, 5.41) is 8.53. The van der Waals surface area contributed by atoms with E-state index in [4.69, 9.17) is 4.74 Å². The number of aromatic nitrogens is 3. The predicted molar refractivity (Wildman–Crippen MR) is 95.3 cm³/mol. The maximum atomic E-state index is 5.72. The van der Waals surface area contributed by atoms with Crippen molar-refractivity contribution in [1.82, 2.24) is 15.0 Å². The van der Waals surface area contributed by atoms with Gasteiger partial charge in [0, 0.05) is 6.20 Å². The highest BCUT2D eigenvalue weighted by Crippen LogP contribution is 2.21. The lowest BCUT2D eigenvalue weighted by Crippen LogP contribution is -2.00. The minimum Gasteiger partial charge on any atom is -0.494 e. The van der Waals surface area contributed by atoms with Crippen molar-refractivity contribution in [2.24, 2.45) is 0 Å². The first-order chi connectivity index (χ1) is 11.7. The molecule has 24 heavy (non-hydrogen) atoms. The van der Waals surface area contributed by atoms with Crippen LogP contribution in [-0.4, -0.2) is 21.6 Å². The monoisotopic (exact) mass is 321 g/mol. The van der Waals surface area contributed by atoms with Gasteiger partial charge in [0.05, 0.1) is 18.8 Å².